The van der Waals surface area contributed by atoms with Crippen LogP contribution in [0.4, 0.5) is 0 Å². The summed E-state index contributed by atoms with van der Waals surface area (Å²) in [6.45, 7) is 2.90. The second kappa shape index (κ2) is 4.44. The average Bonchev–Trinajstić information content (AvgIpc) is 2.81. The fourth-order valence-corrected chi connectivity index (χ4v) is 2.68. The SMILES string of the molecule is C[C@@]1(C(N)=O)CCCN(C(=O)c2cncs2)C1. The van der Waals surface area contributed by atoms with E-state index < -0.39 is 5.41 Å². The maximum atomic E-state index is 12.1. The monoisotopic (exact) mass is 253 g/mol. The van der Waals surface area contributed by atoms with Crippen LogP contribution in [0, 0.1) is 5.41 Å². The molecule has 0 radical (unpaired) electrons. The molecule has 2 rings (SSSR count). The van der Waals surface area contributed by atoms with Gasteiger partial charge in [-0.1, -0.05) is 0 Å². The van der Waals surface area contributed by atoms with Gasteiger partial charge in [-0.2, -0.15) is 0 Å². The number of hydrogen-bond donors (Lipinski definition) is 1. The summed E-state index contributed by atoms with van der Waals surface area (Å²) < 4.78 is 0. The normalized spacial score (nSPS) is 24.6. The molecule has 0 aromatic carbocycles. The summed E-state index contributed by atoms with van der Waals surface area (Å²) in [7, 11) is 0. The minimum Gasteiger partial charge on any atom is -0.369 e. The van der Waals surface area contributed by atoms with Gasteiger partial charge < -0.3 is 10.6 Å². The van der Waals surface area contributed by atoms with Gasteiger partial charge in [-0.05, 0) is 19.8 Å². The average molecular weight is 253 g/mol. The topological polar surface area (TPSA) is 76.3 Å². The van der Waals surface area contributed by atoms with Crippen LogP contribution in [-0.2, 0) is 4.79 Å². The van der Waals surface area contributed by atoms with E-state index in [1.54, 1.807) is 16.6 Å². The molecule has 2 N–H and O–H groups in total. The number of nitrogens with two attached hydrogens (primary N) is 1. The maximum absolute atomic E-state index is 12.1. The van der Waals surface area contributed by atoms with Crippen molar-refractivity contribution in [2.75, 3.05) is 13.1 Å². The minimum absolute atomic E-state index is 0.0559. The van der Waals surface area contributed by atoms with Gasteiger partial charge in [-0.25, -0.2) is 0 Å². The van der Waals surface area contributed by atoms with Crippen molar-refractivity contribution in [1.29, 1.82) is 0 Å². The lowest BCUT2D eigenvalue weighted by Gasteiger charge is -2.38. The van der Waals surface area contributed by atoms with Gasteiger partial charge in [0.05, 0.1) is 17.1 Å². The van der Waals surface area contributed by atoms with E-state index >= 15 is 0 Å². The van der Waals surface area contributed by atoms with Crippen molar-refractivity contribution in [2.45, 2.75) is 19.8 Å². The molecule has 17 heavy (non-hydrogen) atoms. The molecule has 0 unspecified atom stereocenters. The Labute approximate surface area is 104 Å². The van der Waals surface area contributed by atoms with Crippen LogP contribution in [0.25, 0.3) is 0 Å². The first-order valence-corrected chi connectivity index (χ1v) is 6.38. The highest BCUT2D eigenvalue weighted by molar-refractivity contribution is 7.11. The fraction of sp³-hybridized carbons (Fsp3) is 0.545. The lowest BCUT2D eigenvalue weighted by Crippen LogP contribution is -2.50. The number of primary amides is 1. The number of carbonyl (C=O) groups excluding carboxylic acids is 2. The Kier molecular flexibility index (Phi) is 3.15. The third kappa shape index (κ3) is 2.31. The van der Waals surface area contributed by atoms with Crippen molar-refractivity contribution >= 4 is 23.2 Å². The number of rotatable bonds is 2. The first kappa shape index (κ1) is 12.0. The summed E-state index contributed by atoms with van der Waals surface area (Å²) in [6.07, 6.45) is 3.11. The molecule has 6 heteroatoms. The van der Waals surface area contributed by atoms with Gasteiger partial charge in [0.1, 0.15) is 4.88 Å². The first-order chi connectivity index (χ1) is 8.03. The number of piperidine rings is 1. The molecular formula is C11H15N3O2S. The van der Waals surface area contributed by atoms with Crippen LogP contribution in [0.1, 0.15) is 29.4 Å². The Bertz CT molecular complexity index is 432. The van der Waals surface area contributed by atoms with Crippen molar-refractivity contribution in [3.8, 4) is 0 Å². The van der Waals surface area contributed by atoms with Crippen LogP contribution < -0.4 is 5.73 Å². The summed E-state index contributed by atoms with van der Waals surface area (Å²) >= 11 is 1.31. The third-order valence-electron chi connectivity index (χ3n) is 3.22. The molecular weight excluding hydrogens is 238 g/mol. The number of likely N-dealkylation sites (tertiary alicyclic amines) is 1. The Morgan fingerprint density at radius 1 is 1.59 bits per heavy atom. The van der Waals surface area contributed by atoms with E-state index in [9.17, 15) is 9.59 Å². The molecule has 0 spiro atoms. The van der Waals surface area contributed by atoms with Gasteiger partial charge in [-0.3, -0.25) is 14.6 Å². The Morgan fingerprint density at radius 3 is 2.94 bits per heavy atom. The van der Waals surface area contributed by atoms with E-state index in [0.29, 0.717) is 18.0 Å². The Hall–Kier alpha value is -1.43. The number of carbonyl (C=O) groups is 2. The molecule has 5 nitrogen and oxygen atoms in total. The van der Waals surface area contributed by atoms with Crippen molar-refractivity contribution in [1.82, 2.24) is 9.88 Å². The smallest absolute Gasteiger partial charge is 0.265 e. The Morgan fingerprint density at radius 2 is 2.35 bits per heavy atom. The summed E-state index contributed by atoms with van der Waals surface area (Å²) in [4.78, 5) is 29.7. The maximum Gasteiger partial charge on any atom is 0.265 e. The summed E-state index contributed by atoms with van der Waals surface area (Å²) in [6, 6.07) is 0. The molecule has 1 aliphatic rings. The highest BCUT2D eigenvalue weighted by Gasteiger charge is 2.38. The van der Waals surface area contributed by atoms with E-state index in [-0.39, 0.29) is 11.8 Å². The fourth-order valence-electron chi connectivity index (χ4n) is 2.09. The predicted octanol–water partition coefficient (Wildman–Crippen LogP) is 0.871. The highest BCUT2D eigenvalue weighted by Crippen LogP contribution is 2.30. The van der Waals surface area contributed by atoms with Crippen LogP contribution in [0.2, 0.25) is 0 Å². The number of thiazole rings is 1. The van der Waals surface area contributed by atoms with Crippen LogP contribution in [0.15, 0.2) is 11.7 Å². The largest absolute Gasteiger partial charge is 0.369 e. The first-order valence-electron chi connectivity index (χ1n) is 5.50. The van der Waals surface area contributed by atoms with Crippen LogP contribution in [0.3, 0.4) is 0 Å². The molecule has 2 heterocycles. The molecule has 1 saturated heterocycles. The molecule has 1 aromatic rings. The molecule has 0 saturated carbocycles. The molecule has 0 bridgehead atoms. The second-order valence-electron chi connectivity index (χ2n) is 4.62. The van der Waals surface area contributed by atoms with Gasteiger partial charge in [0.15, 0.2) is 0 Å². The Balaban J connectivity index is 2.13. The number of amides is 2. The van der Waals surface area contributed by atoms with Gasteiger partial charge >= 0.3 is 0 Å². The summed E-state index contributed by atoms with van der Waals surface area (Å²) in [5.74, 6) is -0.390. The van der Waals surface area contributed by atoms with Crippen molar-refractivity contribution in [3.63, 3.8) is 0 Å². The van der Waals surface area contributed by atoms with E-state index in [4.69, 9.17) is 5.73 Å². The van der Waals surface area contributed by atoms with Gasteiger partial charge in [-0.15, -0.1) is 11.3 Å². The minimum atomic E-state index is -0.599. The van der Waals surface area contributed by atoms with Crippen molar-refractivity contribution < 1.29 is 9.59 Å². The zero-order valence-electron chi connectivity index (χ0n) is 9.68. The van der Waals surface area contributed by atoms with Crippen molar-refractivity contribution in [2.24, 2.45) is 11.1 Å². The van der Waals surface area contributed by atoms with Gasteiger partial charge in [0.2, 0.25) is 5.91 Å². The zero-order valence-corrected chi connectivity index (χ0v) is 10.5. The second-order valence-corrected chi connectivity index (χ2v) is 5.51. The summed E-state index contributed by atoms with van der Waals surface area (Å²) in [5, 5.41) is 0. The van der Waals surface area contributed by atoms with E-state index in [1.165, 1.54) is 11.3 Å². The van der Waals surface area contributed by atoms with E-state index in [1.807, 2.05) is 6.92 Å². The van der Waals surface area contributed by atoms with Crippen LogP contribution >= 0.6 is 11.3 Å². The number of aromatic nitrogens is 1. The zero-order chi connectivity index (χ0) is 12.5. The summed E-state index contributed by atoms with van der Waals surface area (Å²) in [5.41, 5.74) is 6.43. The highest BCUT2D eigenvalue weighted by atomic mass is 32.1. The van der Waals surface area contributed by atoms with E-state index in [0.717, 1.165) is 12.8 Å². The van der Waals surface area contributed by atoms with E-state index in [2.05, 4.69) is 4.98 Å². The standard InChI is InChI=1S/C11H15N3O2S/c1-11(10(12)16)3-2-4-14(6-11)9(15)8-5-13-7-17-8/h5,7H,2-4,6H2,1H3,(H2,12,16)/t11-/m1/s1. The molecule has 1 aromatic heterocycles. The number of nitrogens with zero attached hydrogens (tertiary/aromatic N) is 2. The lowest BCUT2D eigenvalue weighted by molar-refractivity contribution is -0.129. The molecule has 1 fully saturated rings. The lowest BCUT2D eigenvalue weighted by atomic mass is 9.81. The number of hydrogen-bond acceptors (Lipinski definition) is 4. The van der Waals surface area contributed by atoms with Crippen molar-refractivity contribution in [3.05, 3.63) is 16.6 Å². The third-order valence-corrected chi connectivity index (χ3v) is 3.98. The molecule has 1 aliphatic heterocycles. The molecule has 1 atom stereocenters. The predicted molar refractivity (Wildman–Crippen MR) is 64.6 cm³/mol. The molecule has 0 aliphatic carbocycles. The van der Waals surface area contributed by atoms with Crippen LogP contribution in [0.5, 0.6) is 0 Å². The molecule has 92 valence electrons. The van der Waals surface area contributed by atoms with Crippen LogP contribution in [-0.4, -0.2) is 34.8 Å². The van der Waals surface area contributed by atoms with Gasteiger partial charge in [0.25, 0.3) is 5.91 Å². The van der Waals surface area contributed by atoms with Gasteiger partial charge in [0, 0.05) is 13.1 Å². The quantitative estimate of drug-likeness (QED) is 0.849. The molecule has 2 amide bonds.